The molecule has 152 valence electrons. The predicted molar refractivity (Wildman–Crippen MR) is 100 cm³/mol. The standard InChI is InChI=1S/C19H23F3N4O2/c1-19(2,3)15(11-7-6-10(16(21)22)8-12(11)20)25-17(28)13-9-14(27)24-18(23-13)26(4)5/h6-9,15-16H,1-5H3,(H,25,28)(H,23,24,27)/t15-/m0/s1. The molecule has 1 amide bonds. The smallest absolute Gasteiger partial charge is 0.270 e. The van der Waals surface area contributed by atoms with Crippen LogP contribution in [0.3, 0.4) is 0 Å². The number of H-pyrrole nitrogens is 1. The number of hydrogen-bond donors (Lipinski definition) is 2. The van der Waals surface area contributed by atoms with Crippen molar-refractivity contribution in [3.8, 4) is 0 Å². The van der Waals surface area contributed by atoms with Gasteiger partial charge in [-0.05, 0) is 11.5 Å². The number of carbonyl (C=O) groups excluding carboxylic acids is 1. The highest BCUT2D eigenvalue weighted by Crippen LogP contribution is 2.35. The highest BCUT2D eigenvalue weighted by atomic mass is 19.3. The van der Waals surface area contributed by atoms with Gasteiger partial charge in [-0.15, -0.1) is 0 Å². The zero-order valence-electron chi connectivity index (χ0n) is 16.3. The molecule has 0 spiro atoms. The maximum absolute atomic E-state index is 14.5. The monoisotopic (exact) mass is 396 g/mol. The number of aromatic nitrogens is 2. The number of hydrogen-bond acceptors (Lipinski definition) is 4. The Hall–Kier alpha value is -2.84. The number of nitrogens with zero attached hydrogens (tertiary/aromatic N) is 2. The number of nitrogens with one attached hydrogen (secondary N) is 2. The summed E-state index contributed by atoms with van der Waals surface area (Å²) in [5.74, 6) is -1.32. The fourth-order valence-electron chi connectivity index (χ4n) is 2.65. The van der Waals surface area contributed by atoms with Gasteiger partial charge in [-0.2, -0.15) is 0 Å². The van der Waals surface area contributed by atoms with E-state index in [-0.39, 0.29) is 17.2 Å². The Kier molecular flexibility index (Phi) is 6.16. The van der Waals surface area contributed by atoms with Crippen LogP contribution < -0.4 is 15.8 Å². The molecule has 1 heterocycles. The van der Waals surface area contributed by atoms with Gasteiger partial charge < -0.3 is 10.2 Å². The number of benzene rings is 1. The van der Waals surface area contributed by atoms with E-state index in [9.17, 15) is 22.8 Å². The van der Waals surface area contributed by atoms with E-state index in [2.05, 4.69) is 15.3 Å². The molecule has 1 atom stereocenters. The number of carbonyl (C=O) groups is 1. The van der Waals surface area contributed by atoms with Gasteiger partial charge in [0, 0.05) is 31.3 Å². The van der Waals surface area contributed by atoms with E-state index in [0.29, 0.717) is 0 Å². The zero-order chi connectivity index (χ0) is 21.2. The third-order valence-electron chi connectivity index (χ3n) is 4.11. The van der Waals surface area contributed by atoms with Gasteiger partial charge in [0.2, 0.25) is 5.95 Å². The van der Waals surface area contributed by atoms with E-state index in [1.807, 2.05) is 0 Å². The minimum atomic E-state index is -2.80. The van der Waals surface area contributed by atoms with Gasteiger partial charge in [-0.25, -0.2) is 18.2 Å². The van der Waals surface area contributed by atoms with Gasteiger partial charge >= 0.3 is 0 Å². The van der Waals surface area contributed by atoms with Crippen LogP contribution in [0.5, 0.6) is 0 Å². The second-order valence-corrected chi connectivity index (χ2v) is 7.70. The third-order valence-corrected chi connectivity index (χ3v) is 4.11. The summed E-state index contributed by atoms with van der Waals surface area (Å²) >= 11 is 0. The molecule has 0 fully saturated rings. The van der Waals surface area contributed by atoms with Crippen molar-refractivity contribution in [2.24, 2.45) is 5.41 Å². The summed E-state index contributed by atoms with van der Waals surface area (Å²) in [6.45, 7) is 5.32. The molecule has 9 heteroatoms. The lowest BCUT2D eigenvalue weighted by molar-refractivity contribution is 0.0894. The predicted octanol–water partition coefficient (Wildman–Crippen LogP) is 3.43. The van der Waals surface area contributed by atoms with Crippen LogP contribution in [0.4, 0.5) is 19.1 Å². The molecule has 0 saturated heterocycles. The molecule has 1 aromatic heterocycles. The maximum Gasteiger partial charge on any atom is 0.270 e. The van der Waals surface area contributed by atoms with Crippen LogP contribution in [0.2, 0.25) is 0 Å². The van der Waals surface area contributed by atoms with Crippen molar-refractivity contribution in [3.63, 3.8) is 0 Å². The van der Waals surface area contributed by atoms with Crippen LogP contribution in [0, 0.1) is 11.2 Å². The first kappa shape index (κ1) is 21.5. The van der Waals surface area contributed by atoms with Crippen LogP contribution in [0.1, 0.15) is 54.9 Å². The van der Waals surface area contributed by atoms with Crippen molar-refractivity contribution < 1.29 is 18.0 Å². The van der Waals surface area contributed by atoms with Crippen molar-refractivity contribution in [1.82, 2.24) is 15.3 Å². The van der Waals surface area contributed by atoms with Crippen LogP contribution >= 0.6 is 0 Å². The van der Waals surface area contributed by atoms with E-state index in [0.717, 1.165) is 18.2 Å². The minimum absolute atomic E-state index is 0.0722. The van der Waals surface area contributed by atoms with E-state index >= 15 is 0 Å². The van der Waals surface area contributed by atoms with Crippen LogP contribution in [0.25, 0.3) is 0 Å². The first-order chi connectivity index (χ1) is 12.9. The van der Waals surface area contributed by atoms with Gasteiger partial charge in [-0.3, -0.25) is 14.6 Å². The van der Waals surface area contributed by atoms with E-state index in [1.165, 1.54) is 11.0 Å². The van der Waals surface area contributed by atoms with Gasteiger partial charge in [-0.1, -0.05) is 32.9 Å². The fraction of sp³-hybridized carbons (Fsp3) is 0.421. The van der Waals surface area contributed by atoms with Crippen molar-refractivity contribution in [3.05, 3.63) is 57.3 Å². The van der Waals surface area contributed by atoms with Crippen LogP contribution in [-0.2, 0) is 0 Å². The number of amides is 1. The average Bonchev–Trinajstić information content (AvgIpc) is 2.58. The lowest BCUT2D eigenvalue weighted by Crippen LogP contribution is -2.38. The van der Waals surface area contributed by atoms with Gasteiger partial charge in [0.1, 0.15) is 11.5 Å². The molecule has 2 N–H and O–H groups in total. The summed E-state index contributed by atoms with van der Waals surface area (Å²) in [6, 6.07) is 3.34. The number of halogens is 3. The topological polar surface area (TPSA) is 78.1 Å². The summed E-state index contributed by atoms with van der Waals surface area (Å²) in [4.78, 5) is 32.6. The Bertz CT molecular complexity index is 920. The molecule has 6 nitrogen and oxygen atoms in total. The second-order valence-electron chi connectivity index (χ2n) is 7.70. The van der Waals surface area contributed by atoms with Crippen LogP contribution in [-0.4, -0.2) is 30.0 Å². The Labute approximate surface area is 160 Å². The molecule has 1 aromatic carbocycles. The van der Waals surface area contributed by atoms with Crippen molar-refractivity contribution in [2.75, 3.05) is 19.0 Å². The van der Waals surface area contributed by atoms with E-state index < -0.39 is 40.7 Å². The summed E-state index contributed by atoms with van der Waals surface area (Å²) in [5, 5.41) is 2.67. The number of anilines is 1. The van der Waals surface area contributed by atoms with E-state index in [1.54, 1.807) is 34.9 Å². The molecule has 2 aromatic rings. The zero-order valence-corrected chi connectivity index (χ0v) is 16.3. The number of rotatable bonds is 5. The fourth-order valence-corrected chi connectivity index (χ4v) is 2.65. The van der Waals surface area contributed by atoms with Crippen LogP contribution in [0.15, 0.2) is 29.1 Å². The van der Waals surface area contributed by atoms with E-state index in [4.69, 9.17) is 0 Å². The SMILES string of the molecule is CN(C)c1nc(C(=O)N[C@@H](c2ccc(C(F)F)cc2F)C(C)(C)C)cc(=O)[nH]1. The molecular weight excluding hydrogens is 373 g/mol. The van der Waals surface area contributed by atoms with Gasteiger partial charge in [0.25, 0.3) is 17.9 Å². The maximum atomic E-state index is 14.5. The van der Waals surface area contributed by atoms with Crippen molar-refractivity contribution in [1.29, 1.82) is 0 Å². The Morgan fingerprint density at radius 1 is 1.21 bits per heavy atom. The Balaban J connectivity index is 2.41. The first-order valence-electron chi connectivity index (χ1n) is 8.57. The molecule has 0 bridgehead atoms. The molecule has 28 heavy (non-hydrogen) atoms. The largest absolute Gasteiger partial charge is 0.348 e. The summed E-state index contributed by atoms with van der Waals surface area (Å²) in [6.07, 6.45) is -2.80. The first-order valence-corrected chi connectivity index (χ1v) is 8.57. The molecule has 0 radical (unpaired) electrons. The second kappa shape index (κ2) is 8.04. The Morgan fingerprint density at radius 3 is 2.36 bits per heavy atom. The quantitative estimate of drug-likeness (QED) is 0.812. The lowest BCUT2D eigenvalue weighted by Gasteiger charge is -2.32. The minimum Gasteiger partial charge on any atom is -0.348 e. The molecule has 0 aliphatic rings. The summed E-state index contributed by atoms with van der Waals surface area (Å²) in [7, 11) is 3.30. The molecule has 0 aliphatic heterocycles. The number of aromatic amines is 1. The van der Waals surface area contributed by atoms with Crippen molar-refractivity contribution in [2.45, 2.75) is 33.2 Å². The highest BCUT2D eigenvalue weighted by molar-refractivity contribution is 5.92. The van der Waals surface area contributed by atoms with Gasteiger partial charge in [0.15, 0.2) is 0 Å². The molecule has 0 saturated carbocycles. The van der Waals surface area contributed by atoms with Crippen molar-refractivity contribution >= 4 is 11.9 Å². The average molecular weight is 396 g/mol. The highest BCUT2D eigenvalue weighted by Gasteiger charge is 2.31. The Morgan fingerprint density at radius 2 is 1.86 bits per heavy atom. The lowest BCUT2D eigenvalue weighted by atomic mass is 9.81. The molecule has 0 aliphatic carbocycles. The summed E-state index contributed by atoms with van der Waals surface area (Å²) < 4.78 is 40.1. The molecule has 0 unspecified atom stereocenters. The number of alkyl halides is 2. The molecular formula is C19H23F3N4O2. The third kappa shape index (κ3) is 4.90. The molecule has 2 rings (SSSR count). The summed E-state index contributed by atoms with van der Waals surface area (Å²) in [5.41, 5.74) is -1.65. The van der Waals surface area contributed by atoms with Gasteiger partial charge in [0.05, 0.1) is 6.04 Å². The normalized spacial score (nSPS) is 12.8.